The third-order valence-corrected chi connectivity index (χ3v) is 4.59. The molecule has 0 spiro atoms. The molecule has 2 aromatic carbocycles. The molecular weight excluding hydrogens is 397 g/mol. The van der Waals surface area contributed by atoms with E-state index in [1.807, 2.05) is 18.2 Å². The van der Waals surface area contributed by atoms with Gasteiger partial charge >= 0.3 is 6.36 Å². The second-order valence-corrected chi connectivity index (χ2v) is 7.06. The fraction of sp³-hybridized carbons (Fsp3) is 0.167. The Morgan fingerprint density at radius 2 is 1.68 bits per heavy atom. The quantitative estimate of drug-likeness (QED) is 0.712. The normalized spacial score (nSPS) is 11.2. The summed E-state index contributed by atoms with van der Waals surface area (Å²) in [5.74, 6) is 4.38. The van der Waals surface area contributed by atoms with Crippen LogP contribution in [0.2, 0.25) is 0 Å². The molecule has 6 nitrogen and oxygen atoms in total. The number of hydrogen-bond acceptors (Lipinski definition) is 4. The second kappa shape index (κ2) is 9.25. The first kappa shape index (κ1) is 21.3. The van der Waals surface area contributed by atoms with Crippen LogP contribution < -0.4 is 14.8 Å². The van der Waals surface area contributed by atoms with Crippen LogP contribution >= 0.6 is 0 Å². The van der Waals surface area contributed by atoms with Crippen molar-refractivity contribution in [2.45, 2.75) is 11.3 Å². The zero-order valence-corrected chi connectivity index (χ0v) is 15.1. The molecule has 0 fully saturated rings. The van der Waals surface area contributed by atoms with E-state index in [0.29, 0.717) is 0 Å². The van der Waals surface area contributed by atoms with Crippen LogP contribution in [0.5, 0.6) is 5.75 Å². The molecule has 28 heavy (non-hydrogen) atoms. The SMILES string of the molecule is O=C(CNS(=O)(=O)c1ccc(OC(F)(F)F)cc1)NCC#Cc1ccccc1. The van der Waals surface area contributed by atoms with Crippen LogP contribution in [0.25, 0.3) is 0 Å². The monoisotopic (exact) mass is 412 g/mol. The first-order valence-electron chi connectivity index (χ1n) is 7.82. The lowest BCUT2D eigenvalue weighted by molar-refractivity contribution is -0.274. The predicted molar refractivity (Wildman–Crippen MR) is 94.6 cm³/mol. The van der Waals surface area contributed by atoms with E-state index in [9.17, 15) is 26.4 Å². The van der Waals surface area contributed by atoms with Gasteiger partial charge in [0.15, 0.2) is 0 Å². The average Bonchev–Trinajstić information content (AvgIpc) is 2.64. The first-order valence-corrected chi connectivity index (χ1v) is 9.30. The molecule has 2 rings (SSSR count). The van der Waals surface area contributed by atoms with E-state index in [0.717, 1.165) is 29.8 Å². The van der Waals surface area contributed by atoms with E-state index in [-0.39, 0.29) is 11.4 Å². The van der Waals surface area contributed by atoms with Crippen molar-refractivity contribution < 1.29 is 31.1 Å². The summed E-state index contributed by atoms with van der Waals surface area (Å²) >= 11 is 0. The maximum atomic E-state index is 12.1. The lowest BCUT2D eigenvalue weighted by Gasteiger charge is -2.10. The summed E-state index contributed by atoms with van der Waals surface area (Å²) in [6.45, 7) is -0.519. The minimum absolute atomic E-state index is 0.0267. The number of amides is 1. The van der Waals surface area contributed by atoms with Gasteiger partial charge in [-0.15, -0.1) is 13.2 Å². The van der Waals surface area contributed by atoms with E-state index in [1.165, 1.54) is 0 Å². The topological polar surface area (TPSA) is 84.5 Å². The fourth-order valence-electron chi connectivity index (χ4n) is 1.94. The molecule has 0 radical (unpaired) electrons. The molecule has 2 aromatic rings. The summed E-state index contributed by atoms with van der Waals surface area (Å²) < 4.78 is 66.2. The number of sulfonamides is 1. The van der Waals surface area contributed by atoms with Gasteiger partial charge in [0.2, 0.25) is 15.9 Å². The smallest absolute Gasteiger partial charge is 0.406 e. The lowest BCUT2D eigenvalue weighted by Crippen LogP contribution is -2.37. The highest BCUT2D eigenvalue weighted by atomic mass is 32.2. The molecule has 0 aliphatic carbocycles. The zero-order chi connectivity index (χ0) is 20.6. The van der Waals surface area contributed by atoms with Crippen LogP contribution in [0.15, 0.2) is 59.5 Å². The third kappa shape index (κ3) is 7.30. The highest BCUT2D eigenvalue weighted by Crippen LogP contribution is 2.23. The zero-order valence-electron chi connectivity index (χ0n) is 14.3. The van der Waals surface area contributed by atoms with E-state index in [4.69, 9.17) is 0 Å². The highest BCUT2D eigenvalue weighted by molar-refractivity contribution is 7.89. The van der Waals surface area contributed by atoms with Gasteiger partial charge in [-0.25, -0.2) is 13.1 Å². The third-order valence-electron chi connectivity index (χ3n) is 3.17. The Labute approximate surface area is 159 Å². The van der Waals surface area contributed by atoms with Gasteiger partial charge in [-0.05, 0) is 36.4 Å². The standard InChI is InChI=1S/C18H15F3N2O4S/c19-18(20,21)27-15-8-10-16(11-9-15)28(25,26)23-13-17(24)22-12-4-7-14-5-2-1-3-6-14/h1-3,5-6,8-11,23H,12-13H2,(H,22,24). The van der Waals surface area contributed by atoms with Crippen molar-refractivity contribution in [2.24, 2.45) is 0 Å². The first-order chi connectivity index (χ1) is 13.2. The van der Waals surface area contributed by atoms with Crippen LogP contribution in [0.3, 0.4) is 0 Å². The molecule has 0 saturated carbocycles. The number of rotatable bonds is 6. The van der Waals surface area contributed by atoms with Crippen molar-refractivity contribution in [2.75, 3.05) is 13.1 Å². The molecule has 0 bridgehead atoms. The van der Waals surface area contributed by atoms with Crippen molar-refractivity contribution in [3.05, 3.63) is 60.2 Å². The Balaban J connectivity index is 1.83. The minimum Gasteiger partial charge on any atom is -0.406 e. The van der Waals surface area contributed by atoms with Gasteiger partial charge in [-0.2, -0.15) is 0 Å². The number of benzene rings is 2. The van der Waals surface area contributed by atoms with Gasteiger partial charge in [-0.1, -0.05) is 30.0 Å². The summed E-state index contributed by atoms with van der Waals surface area (Å²) in [7, 11) is -4.07. The van der Waals surface area contributed by atoms with Gasteiger partial charge in [0.1, 0.15) is 5.75 Å². The Kier molecular flexibility index (Phi) is 7.03. The molecule has 0 heterocycles. The molecule has 148 valence electrons. The van der Waals surface area contributed by atoms with Gasteiger partial charge in [0.25, 0.3) is 0 Å². The van der Waals surface area contributed by atoms with Crippen molar-refractivity contribution in [3.8, 4) is 17.6 Å². The molecule has 1 amide bonds. The van der Waals surface area contributed by atoms with Gasteiger partial charge < -0.3 is 10.1 Å². The lowest BCUT2D eigenvalue weighted by atomic mass is 10.2. The Bertz CT molecular complexity index is 964. The van der Waals surface area contributed by atoms with Gasteiger partial charge in [0.05, 0.1) is 18.0 Å². The van der Waals surface area contributed by atoms with Crippen molar-refractivity contribution in [3.63, 3.8) is 0 Å². The van der Waals surface area contributed by atoms with Crippen molar-refractivity contribution in [1.82, 2.24) is 10.0 Å². The van der Waals surface area contributed by atoms with E-state index in [2.05, 4.69) is 26.6 Å². The molecule has 0 unspecified atom stereocenters. The fourth-order valence-corrected chi connectivity index (χ4v) is 2.92. The number of carbonyl (C=O) groups excluding carboxylic acids is 1. The minimum atomic E-state index is -4.87. The van der Waals surface area contributed by atoms with Crippen LogP contribution in [-0.4, -0.2) is 33.8 Å². The van der Waals surface area contributed by atoms with Crippen LogP contribution in [-0.2, 0) is 14.8 Å². The van der Waals surface area contributed by atoms with Crippen LogP contribution in [0.1, 0.15) is 5.56 Å². The summed E-state index contributed by atoms with van der Waals surface area (Å²) in [6, 6.07) is 12.7. The largest absolute Gasteiger partial charge is 0.573 e. The van der Waals surface area contributed by atoms with Gasteiger partial charge in [-0.3, -0.25) is 4.79 Å². The summed E-state index contributed by atoms with van der Waals surface area (Å²) in [6.07, 6.45) is -4.87. The molecule has 0 aromatic heterocycles. The number of halogens is 3. The van der Waals surface area contributed by atoms with Gasteiger partial charge in [0, 0.05) is 5.56 Å². The Morgan fingerprint density at radius 3 is 2.29 bits per heavy atom. The number of ether oxygens (including phenoxy) is 1. The molecule has 0 aliphatic heterocycles. The molecule has 2 N–H and O–H groups in total. The molecule has 0 saturated heterocycles. The molecular formula is C18H15F3N2O4S. The summed E-state index contributed by atoms with van der Waals surface area (Å²) in [5.41, 5.74) is 0.774. The molecule has 10 heteroatoms. The summed E-state index contributed by atoms with van der Waals surface area (Å²) in [4.78, 5) is 11.4. The molecule has 0 aliphatic rings. The highest BCUT2D eigenvalue weighted by Gasteiger charge is 2.31. The van der Waals surface area contributed by atoms with Crippen molar-refractivity contribution >= 4 is 15.9 Å². The van der Waals surface area contributed by atoms with Crippen LogP contribution in [0, 0.1) is 11.8 Å². The Morgan fingerprint density at radius 1 is 1.04 bits per heavy atom. The van der Waals surface area contributed by atoms with Crippen molar-refractivity contribution in [1.29, 1.82) is 0 Å². The predicted octanol–water partition coefficient (Wildman–Crippen LogP) is 2.03. The van der Waals surface area contributed by atoms with Crippen LogP contribution in [0.4, 0.5) is 13.2 Å². The number of alkyl halides is 3. The maximum absolute atomic E-state index is 12.1. The van der Waals surface area contributed by atoms with E-state index < -0.39 is 34.6 Å². The number of carbonyl (C=O) groups is 1. The Hall–Kier alpha value is -3.03. The average molecular weight is 412 g/mol. The second-order valence-electron chi connectivity index (χ2n) is 5.29. The number of nitrogens with one attached hydrogen (secondary N) is 2. The van der Waals surface area contributed by atoms with E-state index in [1.54, 1.807) is 12.1 Å². The summed E-state index contributed by atoms with van der Waals surface area (Å²) in [5, 5.41) is 2.43. The van der Waals surface area contributed by atoms with E-state index >= 15 is 0 Å². The molecule has 0 atom stereocenters. The number of hydrogen-bond donors (Lipinski definition) is 2. The maximum Gasteiger partial charge on any atom is 0.573 e.